The molecule has 1 aliphatic rings. The second-order valence-corrected chi connectivity index (χ2v) is 5.53. The van der Waals surface area contributed by atoms with Crippen molar-refractivity contribution in [2.75, 3.05) is 10.6 Å². The molecule has 0 saturated carbocycles. The van der Waals surface area contributed by atoms with Gasteiger partial charge in [0.05, 0.1) is 11.4 Å². The maximum absolute atomic E-state index is 11.6. The highest BCUT2D eigenvalue weighted by Crippen LogP contribution is 2.29. The van der Waals surface area contributed by atoms with Crippen molar-refractivity contribution < 1.29 is 9.59 Å². The summed E-state index contributed by atoms with van der Waals surface area (Å²) in [7, 11) is 0. The predicted molar refractivity (Wildman–Crippen MR) is 84.0 cm³/mol. The van der Waals surface area contributed by atoms with Crippen LogP contribution in [0.15, 0.2) is 18.2 Å². The molecular weight excluding hydrogens is 266 g/mol. The molecule has 2 amide bonds. The van der Waals surface area contributed by atoms with Crippen LogP contribution < -0.4 is 16.4 Å². The van der Waals surface area contributed by atoms with E-state index < -0.39 is 0 Å². The van der Waals surface area contributed by atoms with Gasteiger partial charge in [-0.05, 0) is 24.1 Å². The summed E-state index contributed by atoms with van der Waals surface area (Å²) in [5, 5.41) is 5.46. The van der Waals surface area contributed by atoms with Gasteiger partial charge in [0.25, 0.3) is 0 Å². The predicted octanol–water partition coefficient (Wildman–Crippen LogP) is 2.94. The Morgan fingerprint density at radius 2 is 1.81 bits per heavy atom. The highest BCUT2D eigenvalue weighted by Gasteiger charge is 2.19. The molecule has 0 aliphatic carbocycles. The molecule has 0 fully saturated rings. The number of rotatable bonds is 6. The summed E-state index contributed by atoms with van der Waals surface area (Å²) in [5.74, 6) is -0.581. The quantitative estimate of drug-likeness (QED) is 0.556. The van der Waals surface area contributed by atoms with Gasteiger partial charge in [-0.1, -0.05) is 38.7 Å². The van der Waals surface area contributed by atoms with E-state index in [0.717, 1.165) is 18.4 Å². The summed E-state index contributed by atoms with van der Waals surface area (Å²) < 4.78 is 0. The molecule has 1 atom stereocenters. The first-order valence-corrected chi connectivity index (χ1v) is 7.59. The number of nitrogens with two attached hydrogens (primary N) is 1. The third-order valence-corrected chi connectivity index (χ3v) is 3.71. The Labute approximate surface area is 125 Å². The van der Waals surface area contributed by atoms with E-state index in [1.807, 2.05) is 12.1 Å². The lowest BCUT2D eigenvalue weighted by Crippen LogP contribution is -2.16. The fourth-order valence-corrected chi connectivity index (χ4v) is 2.50. The van der Waals surface area contributed by atoms with Crippen LogP contribution in [0.25, 0.3) is 0 Å². The van der Waals surface area contributed by atoms with E-state index >= 15 is 0 Å². The summed E-state index contributed by atoms with van der Waals surface area (Å²) in [6.07, 6.45) is 5.53. The van der Waals surface area contributed by atoms with Gasteiger partial charge in [-0.3, -0.25) is 9.59 Å². The minimum atomic E-state index is -0.292. The number of unbranched alkanes of at least 4 members (excludes halogenated alkanes) is 3. The Bertz CT molecular complexity index is 528. The van der Waals surface area contributed by atoms with Gasteiger partial charge in [-0.2, -0.15) is 0 Å². The van der Waals surface area contributed by atoms with Crippen molar-refractivity contribution in [3.63, 3.8) is 0 Å². The molecule has 0 aromatic heterocycles. The molecule has 21 heavy (non-hydrogen) atoms. The topological polar surface area (TPSA) is 84.2 Å². The summed E-state index contributed by atoms with van der Waals surface area (Å²) in [5.41, 5.74) is 8.46. The molecule has 0 bridgehead atoms. The summed E-state index contributed by atoms with van der Waals surface area (Å²) in [6.45, 7) is 2.18. The van der Waals surface area contributed by atoms with Crippen molar-refractivity contribution in [2.45, 2.75) is 51.5 Å². The van der Waals surface area contributed by atoms with Crippen molar-refractivity contribution in [1.82, 2.24) is 0 Å². The number of hydrogen-bond acceptors (Lipinski definition) is 3. The Kier molecular flexibility index (Phi) is 5.33. The maximum Gasteiger partial charge on any atom is 0.233 e. The zero-order chi connectivity index (χ0) is 15.2. The van der Waals surface area contributed by atoms with Gasteiger partial charge in [0.1, 0.15) is 6.42 Å². The molecule has 0 radical (unpaired) electrons. The third kappa shape index (κ3) is 4.29. The van der Waals surface area contributed by atoms with Crippen LogP contribution in [0.3, 0.4) is 0 Å². The van der Waals surface area contributed by atoms with Crippen molar-refractivity contribution in [3.05, 3.63) is 23.8 Å². The number of carbonyl (C=O) groups is 2. The molecule has 1 unspecified atom stereocenters. The molecule has 0 spiro atoms. The smallest absolute Gasteiger partial charge is 0.233 e. The second-order valence-electron chi connectivity index (χ2n) is 5.53. The Hall–Kier alpha value is -1.88. The second kappa shape index (κ2) is 7.22. The number of benzene rings is 1. The van der Waals surface area contributed by atoms with Gasteiger partial charge in [0.15, 0.2) is 0 Å². The van der Waals surface area contributed by atoms with Crippen molar-refractivity contribution in [1.29, 1.82) is 0 Å². The van der Waals surface area contributed by atoms with E-state index in [4.69, 9.17) is 5.73 Å². The van der Waals surface area contributed by atoms with Crippen LogP contribution in [0.4, 0.5) is 11.4 Å². The third-order valence-electron chi connectivity index (χ3n) is 3.71. The number of hydrogen-bond donors (Lipinski definition) is 3. The zero-order valence-corrected chi connectivity index (χ0v) is 12.4. The fourth-order valence-electron chi connectivity index (χ4n) is 2.50. The van der Waals surface area contributed by atoms with E-state index in [-0.39, 0.29) is 24.3 Å². The lowest BCUT2D eigenvalue weighted by Gasteiger charge is -2.15. The number of fused-ring (bicyclic) bond motifs is 1. The van der Waals surface area contributed by atoms with Crippen LogP contribution in [0, 0.1) is 0 Å². The van der Waals surface area contributed by atoms with E-state index in [0.29, 0.717) is 11.4 Å². The van der Waals surface area contributed by atoms with E-state index in [9.17, 15) is 9.59 Å². The monoisotopic (exact) mass is 289 g/mol. The summed E-state index contributed by atoms with van der Waals surface area (Å²) >= 11 is 0. The first-order valence-electron chi connectivity index (χ1n) is 7.59. The van der Waals surface area contributed by atoms with Gasteiger partial charge < -0.3 is 16.4 Å². The van der Waals surface area contributed by atoms with Crippen LogP contribution in [0.2, 0.25) is 0 Å². The molecule has 1 heterocycles. The number of anilines is 2. The van der Waals surface area contributed by atoms with Crippen LogP contribution in [0.1, 0.15) is 57.1 Å². The Balaban J connectivity index is 2.05. The van der Waals surface area contributed by atoms with E-state index in [1.54, 1.807) is 6.07 Å². The first-order chi connectivity index (χ1) is 10.1. The summed E-state index contributed by atoms with van der Waals surface area (Å²) in [4.78, 5) is 23.1. The number of nitrogens with one attached hydrogen (secondary N) is 2. The molecule has 1 aliphatic heterocycles. The standard InChI is InChI=1S/C16H23N3O2/c1-2-3-4-5-6-12(17)11-7-8-13-14(9-11)19-16(21)10-15(20)18-13/h7-9,12H,2-6,10,17H2,1H3,(H,18,20)(H,19,21). The molecule has 5 heteroatoms. The lowest BCUT2D eigenvalue weighted by atomic mass is 10.00. The van der Waals surface area contributed by atoms with Gasteiger partial charge >= 0.3 is 0 Å². The molecule has 1 aromatic rings. The Morgan fingerprint density at radius 1 is 1.10 bits per heavy atom. The number of amides is 2. The molecule has 0 saturated heterocycles. The lowest BCUT2D eigenvalue weighted by molar-refractivity contribution is -0.123. The molecule has 4 N–H and O–H groups in total. The average Bonchev–Trinajstić information content (AvgIpc) is 2.58. The zero-order valence-electron chi connectivity index (χ0n) is 12.4. The minimum absolute atomic E-state index is 0.0389. The summed E-state index contributed by atoms with van der Waals surface area (Å²) in [6, 6.07) is 5.55. The molecule has 114 valence electrons. The van der Waals surface area contributed by atoms with E-state index in [2.05, 4.69) is 17.6 Å². The fraction of sp³-hybridized carbons (Fsp3) is 0.500. The number of carbonyl (C=O) groups excluding carboxylic acids is 2. The van der Waals surface area contributed by atoms with Gasteiger partial charge in [-0.15, -0.1) is 0 Å². The van der Waals surface area contributed by atoms with Crippen molar-refractivity contribution in [2.24, 2.45) is 5.73 Å². The van der Waals surface area contributed by atoms with Crippen LogP contribution in [-0.4, -0.2) is 11.8 Å². The first kappa shape index (κ1) is 15.5. The van der Waals surface area contributed by atoms with Crippen molar-refractivity contribution in [3.8, 4) is 0 Å². The maximum atomic E-state index is 11.6. The highest BCUT2D eigenvalue weighted by molar-refractivity contribution is 6.13. The van der Waals surface area contributed by atoms with Crippen LogP contribution in [-0.2, 0) is 9.59 Å². The SMILES string of the molecule is CCCCCCC(N)c1ccc2c(c1)NC(=O)CC(=O)N2. The van der Waals surface area contributed by atoms with Gasteiger partial charge in [0, 0.05) is 6.04 Å². The average molecular weight is 289 g/mol. The van der Waals surface area contributed by atoms with Gasteiger partial charge in [-0.25, -0.2) is 0 Å². The Morgan fingerprint density at radius 3 is 2.52 bits per heavy atom. The highest BCUT2D eigenvalue weighted by atomic mass is 16.2. The van der Waals surface area contributed by atoms with Crippen LogP contribution >= 0.6 is 0 Å². The largest absolute Gasteiger partial charge is 0.324 e. The van der Waals surface area contributed by atoms with Gasteiger partial charge in [0.2, 0.25) is 11.8 Å². The normalized spacial score (nSPS) is 15.7. The molecule has 1 aromatic carbocycles. The molecule has 2 rings (SSSR count). The van der Waals surface area contributed by atoms with Crippen molar-refractivity contribution >= 4 is 23.2 Å². The van der Waals surface area contributed by atoms with E-state index in [1.165, 1.54) is 19.3 Å². The van der Waals surface area contributed by atoms with Crippen LogP contribution in [0.5, 0.6) is 0 Å². The minimum Gasteiger partial charge on any atom is -0.324 e. The molecular formula is C16H23N3O2. The molecule has 5 nitrogen and oxygen atoms in total.